The number of hydrogen-bond donors (Lipinski definition) is 0. The van der Waals surface area contributed by atoms with Gasteiger partial charge in [0.05, 0.1) is 41.4 Å². The Hall–Kier alpha value is -18.8. The van der Waals surface area contributed by atoms with Crippen molar-refractivity contribution in [2.45, 2.75) is 0 Å². The number of benzene rings is 20. The van der Waals surface area contributed by atoms with E-state index < -0.39 is 0 Å². The monoisotopic (exact) mass is 1940 g/mol. The zero-order chi connectivity index (χ0) is 97.2. The Bertz CT molecular complexity index is 9570. The molecule has 9 heterocycles. The van der Waals surface area contributed by atoms with Crippen molar-refractivity contribution in [1.29, 1.82) is 0 Å². The van der Waals surface area contributed by atoms with E-state index in [1.54, 1.807) is 0 Å². The molecule has 29 aromatic rings. The van der Waals surface area contributed by atoms with Gasteiger partial charge in [-0.25, -0.2) is 9.97 Å². The molecule has 0 aliphatic heterocycles. The van der Waals surface area contributed by atoms with Crippen molar-refractivity contribution >= 4 is 212 Å². The third-order valence-corrected chi connectivity index (χ3v) is 31.5. The van der Waals surface area contributed by atoms with Gasteiger partial charge in [-0.2, -0.15) is 0 Å². The molecule has 0 spiro atoms. The molecule has 0 fully saturated rings. The second-order valence-corrected chi connectivity index (χ2v) is 39.8. The van der Waals surface area contributed by atoms with Gasteiger partial charge in [-0.1, -0.05) is 297 Å². The van der Waals surface area contributed by atoms with Crippen LogP contribution in [0.4, 0.5) is 51.2 Å². The first kappa shape index (κ1) is 87.3. The van der Waals surface area contributed by atoms with Crippen LogP contribution >= 0.6 is 34.0 Å². The van der Waals surface area contributed by atoms with E-state index in [1.165, 1.54) is 93.9 Å². The molecule has 29 rings (SSSR count). The van der Waals surface area contributed by atoms with Crippen LogP contribution in [0.15, 0.2) is 529 Å². The van der Waals surface area contributed by atoms with Crippen molar-refractivity contribution in [3.05, 3.63) is 516 Å². The summed E-state index contributed by atoms with van der Waals surface area (Å²) in [5, 5.41) is 14.5. The minimum atomic E-state index is 0.718. The molecule has 0 saturated heterocycles. The Morgan fingerprint density at radius 2 is 0.510 bits per heavy atom. The molecule has 0 unspecified atom stereocenters. The van der Waals surface area contributed by atoms with Crippen LogP contribution in [0.5, 0.6) is 0 Å². The first-order valence-electron chi connectivity index (χ1n) is 49.1. The van der Waals surface area contributed by atoms with E-state index in [-0.39, 0.29) is 0 Å². The normalized spacial score (nSPS) is 11.5. The summed E-state index contributed by atoms with van der Waals surface area (Å²) in [6.45, 7) is 0. The average molecular weight is 1940 g/mol. The van der Waals surface area contributed by atoms with Crippen molar-refractivity contribution in [3.63, 3.8) is 0 Å². The highest BCUT2D eigenvalue weighted by atomic mass is 32.1. The molecule has 0 radical (unpaired) electrons. The van der Waals surface area contributed by atoms with Gasteiger partial charge >= 0.3 is 0 Å². The highest BCUT2D eigenvalue weighted by molar-refractivity contribution is 7.27. The summed E-state index contributed by atoms with van der Waals surface area (Å²) in [6, 6.07) is 173. The van der Waals surface area contributed by atoms with Crippen LogP contribution in [0.25, 0.3) is 216 Å². The molecule has 0 amide bonds. The zero-order valence-electron chi connectivity index (χ0n) is 79.2. The van der Waals surface area contributed by atoms with Crippen LogP contribution in [0.2, 0.25) is 0 Å². The summed E-state index contributed by atoms with van der Waals surface area (Å²) in [6.07, 6.45) is 7.65. The fourth-order valence-corrected chi connectivity index (χ4v) is 24.3. The average Bonchev–Trinajstić information content (AvgIpc) is 1.61. The van der Waals surface area contributed by atoms with E-state index in [0.717, 1.165) is 173 Å². The maximum absolute atomic E-state index is 6.37. The van der Waals surface area contributed by atoms with Crippen molar-refractivity contribution in [3.8, 4) is 89.5 Å². The Balaban J connectivity index is 0.000000109. The van der Waals surface area contributed by atoms with Gasteiger partial charge in [0.2, 0.25) is 0 Å². The predicted octanol–water partition coefficient (Wildman–Crippen LogP) is 39.2. The maximum Gasteiger partial charge on any atom is 0.159 e. The van der Waals surface area contributed by atoms with Gasteiger partial charge in [0.15, 0.2) is 5.82 Å². The van der Waals surface area contributed by atoms with E-state index >= 15 is 0 Å². The Morgan fingerprint density at radius 3 is 1.03 bits per heavy atom. The van der Waals surface area contributed by atoms with Crippen molar-refractivity contribution in [1.82, 2.24) is 19.9 Å². The highest BCUT2D eigenvalue weighted by Gasteiger charge is 2.24. The van der Waals surface area contributed by atoms with Gasteiger partial charge in [-0.3, -0.25) is 9.97 Å². The van der Waals surface area contributed by atoms with E-state index in [0.29, 0.717) is 0 Å². The van der Waals surface area contributed by atoms with Gasteiger partial charge in [0.1, 0.15) is 33.5 Å². The molecule has 10 nitrogen and oxygen atoms in total. The topological polar surface area (TPSA) is 101 Å². The van der Waals surface area contributed by atoms with Gasteiger partial charge in [-0.15, -0.1) is 34.0 Å². The van der Waals surface area contributed by atoms with Gasteiger partial charge in [0.25, 0.3) is 0 Å². The first-order chi connectivity index (χ1) is 72.8. The molecule has 20 aromatic carbocycles. The SMILES string of the molecule is c1ccc(-c2ccc(N(c3ccc(-c4ccc5oc6ccccc6c5c4)cc3)c3ccc(-c4cccc5c4sc4ccccc45)cc3)cc2)nc1.c1ccc(-c2ccc(N(c3ccc(-c4cccc5c4oc4ccccc45)cc3)c3ccc(-c4ccc5oc6ccccc6c5c4)nc3)cc2)cc1.c1ccc(N(c2ccc(-c3cccc4c3sc3ccccc34)cc2)c2cnc(-c3ccc4sc5ccccc5c4c3)nc2)cc1. The molecular formula is C134H85N7O3S3. The van der Waals surface area contributed by atoms with E-state index in [1.807, 2.05) is 138 Å². The lowest BCUT2D eigenvalue weighted by molar-refractivity contribution is 0.668. The largest absolute Gasteiger partial charge is 0.456 e. The molecule has 9 aromatic heterocycles. The van der Waals surface area contributed by atoms with E-state index in [2.05, 4.69) is 432 Å². The van der Waals surface area contributed by atoms with Crippen LogP contribution in [-0.4, -0.2) is 19.9 Å². The lowest BCUT2D eigenvalue weighted by Crippen LogP contribution is -2.10. The molecule has 13 heteroatoms. The number of aromatic nitrogens is 4. The van der Waals surface area contributed by atoms with Crippen LogP contribution in [0.3, 0.4) is 0 Å². The smallest absolute Gasteiger partial charge is 0.159 e. The van der Waals surface area contributed by atoms with Gasteiger partial charge in [-0.05, 0) is 244 Å². The summed E-state index contributed by atoms with van der Waals surface area (Å²) in [5.74, 6) is 0.718. The third kappa shape index (κ3) is 16.5. The van der Waals surface area contributed by atoms with Crippen LogP contribution in [0, 0.1) is 0 Å². The second-order valence-electron chi connectivity index (χ2n) is 36.6. The van der Waals surface area contributed by atoms with Crippen molar-refractivity contribution in [2.75, 3.05) is 14.7 Å². The molecular weight excluding hydrogens is 1850 g/mol. The third-order valence-electron chi connectivity index (χ3n) is 27.9. The predicted molar refractivity (Wildman–Crippen MR) is 619 cm³/mol. The van der Waals surface area contributed by atoms with Gasteiger partial charge < -0.3 is 28.0 Å². The molecule has 147 heavy (non-hydrogen) atoms. The Kier molecular flexibility index (Phi) is 22.3. The number of furan rings is 3. The number of para-hydroxylation sites is 5. The molecule has 0 aliphatic rings. The first-order valence-corrected chi connectivity index (χ1v) is 51.6. The summed E-state index contributed by atoms with van der Waals surface area (Å²) >= 11 is 5.55. The molecule has 0 saturated carbocycles. The Morgan fingerprint density at radius 1 is 0.170 bits per heavy atom. The number of nitrogens with zero attached hydrogens (tertiary/aromatic N) is 7. The van der Waals surface area contributed by atoms with Crippen LogP contribution in [0.1, 0.15) is 0 Å². The number of anilines is 9. The number of pyridine rings is 2. The Labute approximate surface area is 858 Å². The molecule has 0 bridgehead atoms. The fraction of sp³-hybridized carbons (Fsp3) is 0. The van der Waals surface area contributed by atoms with Crippen LogP contribution < -0.4 is 14.7 Å². The lowest BCUT2D eigenvalue weighted by atomic mass is 10.0. The quantitative estimate of drug-likeness (QED) is 0.0876. The van der Waals surface area contributed by atoms with Crippen molar-refractivity contribution in [2.24, 2.45) is 0 Å². The molecule has 692 valence electrons. The summed E-state index contributed by atoms with van der Waals surface area (Å²) in [4.78, 5) is 26.1. The summed E-state index contributed by atoms with van der Waals surface area (Å²) in [5.41, 5.74) is 31.5. The van der Waals surface area contributed by atoms with E-state index in [4.69, 9.17) is 28.2 Å². The minimum absolute atomic E-state index is 0.718. The molecule has 0 atom stereocenters. The summed E-state index contributed by atoms with van der Waals surface area (Å²) < 4.78 is 26.4. The van der Waals surface area contributed by atoms with Crippen LogP contribution in [-0.2, 0) is 0 Å². The number of rotatable bonds is 17. The molecule has 0 aliphatic carbocycles. The highest BCUT2D eigenvalue weighted by Crippen LogP contribution is 2.49. The number of hydrogen-bond acceptors (Lipinski definition) is 13. The van der Waals surface area contributed by atoms with Gasteiger partial charge in [0, 0.05) is 161 Å². The maximum atomic E-state index is 6.37. The number of thiophene rings is 3. The second kappa shape index (κ2) is 37.6. The fourth-order valence-electron chi connectivity index (χ4n) is 20.7. The zero-order valence-corrected chi connectivity index (χ0v) is 81.6. The lowest BCUT2D eigenvalue weighted by Gasteiger charge is -2.26. The van der Waals surface area contributed by atoms with E-state index in [9.17, 15) is 0 Å². The standard InChI is InChI=1S/C47H30N2O2.C47H30N2OS.C40H25N3S2/c1-2-9-31(10-3-1)32-17-22-35(23-18-32)49(36-24-19-33(20-25-36)38-13-8-14-41-39-11-4-7-16-45(39)51-47(38)41)37-26-27-43(48-30-37)34-21-28-46-42(29-34)40-12-5-6-15-44(40)50-46;1-3-13-44-39(8-1)42-30-34(21-28-45(42)50-44)31-15-22-35(23-16-31)49(37-26-19-33(20-27-37)43-12-5-6-29-48-43)36-24-17-32(18-25-36)38-10-7-11-41-40-9-2-4-14-46(40)51-47(38)41;1-2-9-28(10-3-1)43(29-20-17-26(18-21-29)31-13-8-14-34-32-11-4-7-16-37(32)45-39(31)34)30-24-41-40(42-25-30)27-19-22-38-35(23-27)33-12-5-6-15-36(33)44-38/h2*1-30H;1-25H. The summed E-state index contributed by atoms with van der Waals surface area (Å²) in [7, 11) is 0. The number of fused-ring (bicyclic) bond motifs is 18. The molecule has 0 N–H and O–H groups in total. The van der Waals surface area contributed by atoms with Crippen molar-refractivity contribution < 1.29 is 13.3 Å². The minimum Gasteiger partial charge on any atom is -0.456 e.